The quantitative estimate of drug-likeness (QED) is 0.753. The molecule has 1 aliphatic carbocycles. The number of imidazole rings is 1. The third kappa shape index (κ3) is 2.20. The molecule has 0 amide bonds. The Morgan fingerprint density at radius 1 is 1.35 bits per heavy atom. The zero-order valence-electron chi connectivity index (χ0n) is 11.4. The number of aromatic nitrogens is 2. The van der Waals surface area contributed by atoms with Crippen molar-refractivity contribution < 1.29 is 8.78 Å². The first-order valence-electron chi connectivity index (χ1n) is 6.99. The zero-order chi connectivity index (χ0) is 14.3. The number of nitrogens with zero attached hydrogens (tertiary/aromatic N) is 2. The van der Waals surface area contributed by atoms with Gasteiger partial charge >= 0.3 is 0 Å². The Bertz CT molecular complexity index is 647. The highest BCUT2D eigenvalue weighted by atomic mass is 35.5. The van der Waals surface area contributed by atoms with Crippen LogP contribution in [0.3, 0.4) is 0 Å². The fraction of sp³-hybridized carbons (Fsp3) is 0.533. The van der Waals surface area contributed by atoms with Gasteiger partial charge in [-0.2, -0.15) is 0 Å². The average molecular weight is 299 g/mol. The van der Waals surface area contributed by atoms with Crippen molar-refractivity contribution in [1.29, 1.82) is 0 Å². The minimum absolute atomic E-state index is 0.230. The topological polar surface area (TPSA) is 17.8 Å². The van der Waals surface area contributed by atoms with Crippen molar-refractivity contribution in [3.8, 4) is 0 Å². The summed E-state index contributed by atoms with van der Waals surface area (Å²) >= 11 is 5.81. The van der Waals surface area contributed by atoms with E-state index in [0.717, 1.165) is 31.2 Å². The molecule has 1 fully saturated rings. The van der Waals surface area contributed by atoms with Crippen LogP contribution in [0.25, 0.3) is 11.0 Å². The van der Waals surface area contributed by atoms with E-state index in [-0.39, 0.29) is 10.9 Å². The molecule has 0 atom stereocenters. The summed E-state index contributed by atoms with van der Waals surface area (Å²) in [6.45, 7) is 2.84. The lowest BCUT2D eigenvalue weighted by molar-refractivity contribution is 0.404. The van der Waals surface area contributed by atoms with Crippen LogP contribution in [-0.2, 0) is 13.0 Å². The van der Waals surface area contributed by atoms with Gasteiger partial charge in [0.05, 0.1) is 5.52 Å². The Labute approximate surface area is 121 Å². The largest absolute Gasteiger partial charge is 0.325 e. The van der Waals surface area contributed by atoms with E-state index in [1.54, 1.807) is 0 Å². The van der Waals surface area contributed by atoms with Gasteiger partial charge in [0, 0.05) is 18.8 Å². The minimum atomic E-state index is -0.822. The highest BCUT2D eigenvalue weighted by molar-refractivity contribution is 6.17. The summed E-state index contributed by atoms with van der Waals surface area (Å²) in [5, 5.41) is 0. The average Bonchev–Trinajstić information content (AvgIpc) is 3.13. The molecule has 2 nitrogen and oxygen atoms in total. The summed E-state index contributed by atoms with van der Waals surface area (Å²) in [5.41, 5.74) is 1.02. The first kappa shape index (κ1) is 13.8. The number of alkyl halides is 1. The normalized spacial score (nSPS) is 16.8. The standard InChI is InChI=1S/C15H17ClF2N2/c1-2-15(6-7-15)9-20-12(5-8-16)19-11-4-3-10(17)13(18)14(11)20/h3-4H,2,5-9H2,1H3. The third-order valence-corrected chi connectivity index (χ3v) is 4.59. The highest BCUT2D eigenvalue weighted by Gasteiger charge is 2.41. The fourth-order valence-electron chi connectivity index (χ4n) is 2.79. The number of hydrogen-bond acceptors (Lipinski definition) is 1. The molecule has 0 saturated heterocycles. The summed E-state index contributed by atoms with van der Waals surface area (Å²) in [6.07, 6.45) is 3.89. The van der Waals surface area contributed by atoms with Gasteiger partial charge in [-0.1, -0.05) is 6.92 Å². The molecular weight excluding hydrogens is 282 g/mol. The predicted octanol–water partition coefficient (Wildman–Crippen LogP) is 4.29. The van der Waals surface area contributed by atoms with Crippen molar-refractivity contribution >= 4 is 22.6 Å². The summed E-state index contributed by atoms with van der Waals surface area (Å²) in [5.74, 6) is -0.452. The second-order valence-electron chi connectivity index (χ2n) is 5.64. The molecule has 0 N–H and O–H groups in total. The SMILES string of the molecule is CCC1(Cn2c(CCCl)nc3ccc(F)c(F)c32)CC1. The maximum Gasteiger partial charge on any atom is 0.184 e. The van der Waals surface area contributed by atoms with Crippen molar-refractivity contribution in [2.45, 2.75) is 39.2 Å². The van der Waals surface area contributed by atoms with Crippen molar-refractivity contribution in [3.63, 3.8) is 0 Å². The van der Waals surface area contributed by atoms with Gasteiger partial charge in [0.2, 0.25) is 0 Å². The molecule has 1 heterocycles. The van der Waals surface area contributed by atoms with Gasteiger partial charge in [-0.3, -0.25) is 0 Å². The Kier molecular flexibility index (Phi) is 3.44. The van der Waals surface area contributed by atoms with E-state index in [1.165, 1.54) is 6.07 Å². The summed E-state index contributed by atoms with van der Waals surface area (Å²) < 4.78 is 29.5. The van der Waals surface area contributed by atoms with E-state index in [9.17, 15) is 8.78 Å². The van der Waals surface area contributed by atoms with E-state index < -0.39 is 11.6 Å². The van der Waals surface area contributed by atoms with Crippen LogP contribution in [0.2, 0.25) is 0 Å². The van der Waals surface area contributed by atoms with Crippen LogP contribution in [0.5, 0.6) is 0 Å². The molecule has 3 rings (SSSR count). The summed E-state index contributed by atoms with van der Waals surface area (Å²) in [4.78, 5) is 4.42. The Morgan fingerprint density at radius 3 is 2.70 bits per heavy atom. The monoisotopic (exact) mass is 298 g/mol. The third-order valence-electron chi connectivity index (χ3n) is 4.40. The molecule has 0 aliphatic heterocycles. The lowest BCUT2D eigenvalue weighted by Gasteiger charge is -2.16. The minimum Gasteiger partial charge on any atom is -0.325 e. The lowest BCUT2D eigenvalue weighted by atomic mass is 10.0. The molecule has 0 unspecified atom stereocenters. The molecule has 1 saturated carbocycles. The second-order valence-corrected chi connectivity index (χ2v) is 6.01. The molecule has 0 bridgehead atoms. The first-order chi connectivity index (χ1) is 9.60. The zero-order valence-corrected chi connectivity index (χ0v) is 12.2. The molecule has 2 aromatic rings. The number of aryl methyl sites for hydroxylation is 1. The van der Waals surface area contributed by atoms with E-state index in [2.05, 4.69) is 11.9 Å². The van der Waals surface area contributed by atoms with Crippen LogP contribution in [0.15, 0.2) is 12.1 Å². The van der Waals surface area contributed by atoms with Crippen LogP contribution < -0.4 is 0 Å². The Hall–Kier alpha value is -1.16. The summed E-state index contributed by atoms with van der Waals surface area (Å²) in [7, 11) is 0. The van der Waals surface area contributed by atoms with Crippen molar-refractivity contribution in [3.05, 3.63) is 29.6 Å². The van der Waals surface area contributed by atoms with Gasteiger partial charge < -0.3 is 4.57 Å². The molecule has 20 heavy (non-hydrogen) atoms. The van der Waals surface area contributed by atoms with Crippen molar-refractivity contribution in [1.82, 2.24) is 9.55 Å². The lowest BCUT2D eigenvalue weighted by Crippen LogP contribution is -2.14. The van der Waals surface area contributed by atoms with Gasteiger partial charge in [-0.15, -0.1) is 11.6 Å². The van der Waals surface area contributed by atoms with E-state index in [0.29, 0.717) is 24.4 Å². The summed E-state index contributed by atoms with van der Waals surface area (Å²) in [6, 6.07) is 2.67. The molecule has 1 aromatic carbocycles. The fourth-order valence-corrected chi connectivity index (χ4v) is 2.96. The maximum atomic E-state index is 14.1. The second kappa shape index (κ2) is 4.99. The van der Waals surface area contributed by atoms with Gasteiger partial charge in [0.1, 0.15) is 11.3 Å². The van der Waals surface area contributed by atoms with Crippen LogP contribution in [-0.4, -0.2) is 15.4 Å². The first-order valence-corrected chi connectivity index (χ1v) is 7.53. The molecule has 0 spiro atoms. The van der Waals surface area contributed by atoms with Crippen molar-refractivity contribution in [2.24, 2.45) is 5.41 Å². The Balaban J connectivity index is 2.14. The van der Waals surface area contributed by atoms with E-state index >= 15 is 0 Å². The number of hydrogen-bond donors (Lipinski definition) is 0. The molecule has 108 valence electrons. The van der Waals surface area contributed by atoms with Crippen LogP contribution in [0, 0.1) is 17.0 Å². The van der Waals surface area contributed by atoms with Crippen molar-refractivity contribution in [2.75, 3.05) is 5.88 Å². The van der Waals surface area contributed by atoms with Gasteiger partial charge in [-0.05, 0) is 36.8 Å². The van der Waals surface area contributed by atoms with E-state index in [4.69, 9.17) is 11.6 Å². The van der Waals surface area contributed by atoms with Gasteiger partial charge in [0.15, 0.2) is 11.6 Å². The molecule has 5 heteroatoms. The van der Waals surface area contributed by atoms with Crippen LogP contribution in [0.4, 0.5) is 8.78 Å². The van der Waals surface area contributed by atoms with E-state index in [1.807, 2.05) is 4.57 Å². The number of benzene rings is 1. The number of fused-ring (bicyclic) bond motifs is 1. The number of rotatable bonds is 5. The molecular formula is C15H17ClF2N2. The Morgan fingerprint density at radius 2 is 2.10 bits per heavy atom. The highest BCUT2D eigenvalue weighted by Crippen LogP contribution is 2.50. The molecule has 1 aromatic heterocycles. The maximum absolute atomic E-state index is 14.1. The molecule has 0 radical (unpaired) electrons. The van der Waals surface area contributed by atoms with Crippen LogP contribution >= 0.6 is 11.6 Å². The number of halogens is 3. The van der Waals surface area contributed by atoms with Gasteiger partial charge in [-0.25, -0.2) is 13.8 Å². The van der Waals surface area contributed by atoms with Gasteiger partial charge in [0.25, 0.3) is 0 Å². The predicted molar refractivity (Wildman–Crippen MR) is 76.0 cm³/mol. The smallest absolute Gasteiger partial charge is 0.184 e. The molecule has 1 aliphatic rings. The van der Waals surface area contributed by atoms with Crippen LogP contribution in [0.1, 0.15) is 32.0 Å².